The molecule has 1 aliphatic carbocycles. The fourth-order valence-corrected chi connectivity index (χ4v) is 2.55. The Hall–Kier alpha value is -0.730. The van der Waals surface area contributed by atoms with Gasteiger partial charge >= 0.3 is 0 Å². The van der Waals surface area contributed by atoms with Crippen LogP contribution < -0.4 is 4.74 Å². The third-order valence-corrected chi connectivity index (χ3v) is 3.79. The molecule has 88 valence electrons. The van der Waals surface area contributed by atoms with Crippen LogP contribution in [0.4, 0.5) is 0 Å². The van der Waals surface area contributed by atoms with Gasteiger partial charge in [0.15, 0.2) is 0 Å². The molecule has 2 nitrogen and oxygen atoms in total. The van der Waals surface area contributed by atoms with Gasteiger partial charge in [-0.05, 0) is 48.4 Å². The Labute approximate surface area is 101 Å². The number of aliphatic hydroxyl groups excluding tert-OH is 1. The summed E-state index contributed by atoms with van der Waals surface area (Å²) in [4.78, 5) is 0. The second-order valence-electron chi connectivity index (χ2n) is 4.64. The summed E-state index contributed by atoms with van der Waals surface area (Å²) in [7, 11) is 1.67. The fourth-order valence-electron chi connectivity index (χ4n) is 2.36. The number of rotatable bonds is 4. The largest absolute Gasteiger partial charge is 0.496 e. The van der Waals surface area contributed by atoms with E-state index in [1.807, 2.05) is 18.2 Å². The van der Waals surface area contributed by atoms with Crippen LogP contribution in [0, 0.1) is 5.41 Å². The SMILES string of the molecule is COc1ccc(Cl)cc1CC1(CO)CCC1. The predicted molar refractivity (Wildman–Crippen MR) is 65.1 cm³/mol. The maximum atomic E-state index is 9.46. The van der Waals surface area contributed by atoms with Crippen LogP contribution in [0.1, 0.15) is 24.8 Å². The lowest BCUT2D eigenvalue weighted by Gasteiger charge is -2.40. The maximum Gasteiger partial charge on any atom is 0.122 e. The van der Waals surface area contributed by atoms with Crippen molar-refractivity contribution in [3.05, 3.63) is 28.8 Å². The first-order valence-electron chi connectivity index (χ1n) is 5.62. The predicted octanol–water partition coefficient (Wildman–Crippen LogP) is 3.05. The van der Waals surface area contributed by atoms with Gasteiger partial charge in [-0.1, -0.05) is 18.0 Å². The van der Waals surface area contributed by atoms with Crippen LogP contribution in [-0.4, -0.2) is 18.8 Å². The minimum absolute atomic E-state index is 0.0674. The molecule has 0 bridgehead atoms. The van der Waals surface area contributed by atoms with E-state index >= 15 is 0 Å². The summed E-state index contributed by atoms with van der Waals surface area (Å²) in [5.74, 6) is 0.865. The lowest BCUT2D eigenvalue weighted by Crippen LogP contribution is -2.35. The highest BCUT2D eigenvalue weighted by atomic mass is 35.5. The maximum absolute atomic E-state index is 9.46. The highest BCUT2D eigenvalue weighted by molar-refractivity contribution is 6.30. The summed E-state index contributed by atoms with van der Waals surface area (Å²) < 4.78 is 5.32. The highest BCUT2D eigenvalue weighted by Crippen LogP contribution is 2.44. The molecule has 16 heavy (non-hydrogen) atoms. The molecule has 0 aliphatic heterocycles. The molecule has 0 aromatic heterocycles. The number of hydrogen-bond donors (Lipinski definition) is 1. The molecule has 1 aliphatic rings. The van der Waals surface area contributed by atoms with Crippen molar-refractivity contribution in [1.29, 1.82) is 0 Å². The first kappa shape index (κ1) is 11.7. The highest BCUT2D eigenvalue weighted by Gasteiger charge is 2.36. The summed E-state index contributed by atoms with van der Waals surface area (Å²) in [5.41, 5.74) is 1.17. The molecule has 1 saturated carbocycles. The molecule has 0 saturated heterocycles. The van der Waals surface area contributed by atoms with E-state index in [1.54, 1.807) is 7.11 Å². The summed E-state index contributed by atoms with van der Waals surface area (Å²) in [6.07, 6.45) is 4.26. The first-order chi connectivity index (χ1) is 7.69. The van der Waals surface area contributed by atoms with Crippen LogP contribution in [0.5, 0.6) is 5.75 Å². The Morgan fingerprint density at radius 3 is 2.69 bits per heavy atom. The zero-order chi connectivity index (χ0) is 11.6. The molecule has 0 unspecified atom stereocenters. The van der Waals surface area contributed by atoms with Crippen LogP contribution >= 0.6 is 11.6 Å². The number of ether oxygens (including phenoxy) is 1. The summed E-state index contributed by atoms with van der Waals surface area (Å²) in [5, 5.41) is 10.2. The summed E-state index contributed by atoms with van der Waals surface area (Å²) in [6, 6.07) is 5.66. The standard InChI is InChI=1S/C13H17ClO2/c1-16-12-4-3-11(14)7-10(12)8-13(9-15)5-2-6-13/h3-4,7,15H,2,5-6,8-9H2,1H3. The van der Waals surface area contributed by atoms with Crippen LogP contribution in [-0.2, 0) is 6.42 Å². The quantitative estimate of drug-likeness (QED) is 0.877. The van der Waals surface area contributed by atoms with Crippen molar-refractivity contribution in [2.24, 2.45) is 5.41 Å². The van der Waals surface area contributed by atoms with Gasteiger partial charge in [-0.25, -0.2) is 0 Å². The van der Waals surface area contributed by atoms with Crippen LogP contribution in [0.2, 0.25) is 5.02 Å². The number of aliphatic hydroxyl groups is 1. The van der Waals surface area contributed by atoms with Crippen molar-refractivity contribution in [3.63, 3.8) is 0 Å². The molecule has 2 rings (SSSR count). The topological polar surface area (TPSA) is 29.5 Å². The zero-order valence-electron chi connectivity index (χ0n) is 9.50. The van der Waals surface area contributed by atoms with E-state index in [2.05, 4.69) is 0 Å². The molecule has 0 amide bonds. The van der Waals surface area contributed by atoms with Gasteiger partial charge in [-0.2, -0.15) is 0 Å². The van der Waals surface area contributed by atoms with Crippen molar-refractivity contribution >= 4 is 11.6 Å². The molecule has 1 N–H and O–H groups in total. The number of halogens is 1. The summed E-state index contributed by atoms with van der Waals surface area (Å²) in [6.45, 7) is 0.253. The fraction of sp³-hybridized carbons (Fsp3) is 0.538. The minimum atomic E-state index is 0.0674. The Kier molecular flexibility index (Phi) is 3.41. The van der Waals surface area contributed by atoms with E-state index in [9.17, 15) is 5.11 Å². The Morgan fingerprint density at radius 2 is 2.19 bits per heavy atom. The average Bonchev–Trinajstić information content (AvgIpc) is 2.24. The normalized spacial score (nSPS) is 17.9. The molecule has 0 atom stereocenters. The van der Waals surface area contributed by atoms with Crippen molar-refractivity contribution in [3.8, 4) is 5.75 Å². The van der Waals surface area contributed by atoms with Crippen LogP contribution in [0.15, 0.2) is 18.2 Å². The van der Waals surface area contributed by atoms with Gasteiger partial charge in [0.05, 0.1) is 7.11 Å². The first-order valence-corrected chi connectivity index (χ1v) is 6.00. The van der Waals surface area contributed by atoms with E-state index in [0.29, 0.717) is 0 Å². The smallest absolute Gasteiger partial charge is 0.122 e. The van der Waals surface area contributed by atoms with E-state index in [-0.39, 0.29) is 12.0 Å². The second-order valence-corrected chi connectivity index (χ2v) is 5.08. The van der Waals surface area contributed by atoms with Gasteiger partial charge in [-0.3, -0.25) is 0 Å². The molecule has 1 fully saturated rings. The van der Waals surface area contributed by atoms with Gasteiger partial charge in [0.2, 0.25) is 0 Å². The molecule has 0 spiro atoms. The van der Waals surface area contributed by atoms with Crippen molar-refractivity contribution in [2.75, 3.05) is 13.7 Å². The lowest BCUT2D eigenvalue weighted by atomic mass is 9.66. The van der Waals surface area contributed by atoms with Crippen LogP contribution in [0.3, 0.4) is 0 Å². The number of methoxy groups -OCH3 is 1. The van der Waals surface area contributed by atoms with E-state index in [0.717, 1.165) is 35.6 Å². The van der Waals surface area contributed by atoms with E-state index < -0.39 is 0 Å². The van der Waals surface area contributed by atoms with Gasteiger partial charge in [0, 0.05) is 11.6 Å². The molecule has 3 heteroatoms. The lowest BCUT2D eigenvalue weighted by molar-refractivity contribution is 0.0445. The number of hydrogen-bond acceptors (Lipinski definition) is 2. The Bertz CT molecular complexity index is 367. The zero-order valence-corrected chi connectivity index (χ0v) is 10.3. The van der Waals surface area contributed by atoms with Gasteiger partial charge in [0.1, 0.15) is 5.75 Å². The summed E-state index contributed by atoms with van der Waals surface area (Å²) >= 11 is 5.99. The number of benzene rings is 1. The van der Waals surface area contributed by atoms with Gasteiger partial charge < -0.3 is 9.84 Å². The Balaban J connectivity index is 2.22. The Morgan fingerprint density at radius 1 is 1.44 bits per heavy atom. The van der Waals surface area contributed by atoms with Crippen LogP contribution in [0.25, 0.3) is 0 Å². The second kappa shape index (κ2) is 4.64. The monoisotopic (exact) mass is 240 g/mol. The van der Waals surface area contributed by atoms with E-state index in [4.69, 9.17) is 16.3 Å². The molecule has 1 aromatic carbocycles. The van der Waals surface area contributed by atoms with Crippen molar-refractivity contribution in [1.82, 2.24) is 0 Å². The van der Waals surface area contributed by atoms with Crippen molar-refractivity contribution < 1.29 is 9.84 Å². The third kappa shape index (κ3) is 2.18. The molecular weight excluding hydrogens is 224 g/mol. The molecule has 1 aromatic rings. The van der Waals surface area contributed by atoms with E-state index in [1.165, 1.54) is 6.42 Å². The van der Waals surface area contributed by atoms with Gasteiger partial charge in [-0.15, -0.1) is 0 Å². The molecule has 0 heterocycles. The molecule has 0 radical (unpaired) electrons. The molecular formula is C13H17ClO2. The average molecular weight is 241 g/mol. The third-order valence-electron chi connectivity index (χ3n) is 3.56. The van der Waals surface area contributed by atoms with Crippen molar-refractivity contribution in [2.45, 2.75) is 25.7 Å². The minimum Gasteiger partial charge on any atom is -0.496 e. The van der Waals surface area contributed by atoms with Gasteiger partial charge in [0.25, 0.3) is 0 Å².